The first kappa shape index (κ1) is 8.28. The molecule has 0 radical (unpaired) electrons. The number of allylic oxidation sites excluding steroid dienone is 2. The fraction of sp³-hybridized carbons (Fsp3) is 0.500. The monoisotopic (exact) mass is 126 g/mol. The van der Waals surface area contributed by atoms with Gasteiger partial charge in [0.25, 0.3) is 0 Å². The minimum absolute atomic E-state index is 0.550. The number of ether oxygens (including phenoxy) is 1. The summed E-state index contributed by atoms with van der Waals surface area (Å²) in [5.74, 6) is 0.550. The highest BCUT2D eigenvalue weighted by Crippen LogP contribution is 2.03. The maximum Gasteiger partial charge on any atom is 0.0867 e. The summed E-state index contributed by atoms with van der Waals surface area (Å²) in [4.78, 5) is 0. The van der Waals surface area contributed by atoms with Crippen molar-refractivity contribution in [2.45, 2.75) is 20.8 Å². The van der Waals surface area contributed by atoms with Crippen molar-refractivity contribution < 1.29 is 4.74 Å². The smallest absolute Gasteiger partial charge is 0.0867 e. The van der Waals surface area contributed by atoms with E-state index in [1.807, 2.05) is 26.0 Å². The van der Waals surface area contributed by atoms with Gasteiger partial charge in [-0.05, 0) is 18.1 Å². The van der Waals surface area contributed by atoms with Crippen LogP contribution in [0.2, 0.25) is 0 Å². The van der Waals surface area contributed by atoms with Gasteiger partial charge in [-0.1, -0.05) is 20.8 Å². The summed E-state index contributed by atoms with van der Waals surface area (Å²) in [5.41, 5.74) is 0. The summed E-state index contributed by atoms with van der Waals surface area (Å²) in [6.45, 7) is 6.11. The lowest BCUT2D eigenvalue weighted by molar-refractivity contribution is 0.386. The van der Waals surface area contributed by atoms with E-state index >= 15 is 0 Å². The van der Waals surface area contributed by atoms with Gasteiger partial charge in [0, 0.05) is 0 Å². The molecule has 0 spiro atoms. The third-order valence-electron chi connectivity index (χ3n) is 0.921. The molecule has 0 N–H and O–H groups in total. The Bertz CT molecular complexity index is 91.1. The third-order valence-corrected chi connectivity index (χ3v) is 0.921. The molecule has 1 rings (SSSR count). The second-order valence-corrected chi connectivity index (χ2v) is 1.65. The van der Waals surface area contributed by atoms with Gasteiger partial charge in [0.2, 0.25) is 0 Å². The van der Waals surface area contributed by atoms with Crippen LogP contribution in [0.25, 0.3) is 0 Å². The molecule has 1 heteroatoms. The van der Waals surface area contributed by atoms with Gasteiger partial charge < -0.3 is 4.74 Å². The molecule has 1 aliphatic rings. The lowest BCUT2D eigenvalue weighted by atomic mass is 10.2. The number of rotatable bonds is 0. The van der Waals surface area contributed by atoms with Crippen molar-refractivity contribution in [1.29, 1.82) is 0 Å². The Kier molecular flexibility index (Phi) is 4.98. The average molecular weight is 126 g/mol. The molecule has 1 aliphatic heterocycles. The lowest BCUT2D eigenvalue weighted by Gasteiger charge is -2.01. The quantitative estimate of drug-likeness (QED) is 0.485. The van der Waals surface area contributed by atoms with E-state index in [1.165, 1.54) is 0 Å². The van der Waals surface area contributed by atoms with Crippen LogP contribution in [-0.4, -0.2) is 0 Å². The van der Waals surface area contributed by atoms with Crippen molar-refractivity contribution in [1.82, 2.24) is 0 Å². The van der Waals surface area contributed by atoms with Crippen LogP contribution in [0.3, 0.4) is 0 Å². The van der Waals surface area contributed by atoms with Crippen molar-refractivity contribution in [2.24, 2.45) is 5.92 Å². The van der Waals surface area contributed by atoms with Crippen LogP contribution in [0.15, 0.2) is 24.7 Å². The van der Waals surface area contributed by atoms with E-state index in [0.29, 0.717) is 5.92 Å². The number of hydrogen-bond donors (Lipinski definition) is 0. The predicted octanol–water partition coefficient (Wildman–Crippen LogP) is 2.71. The van der Waals surface area contributed by atoms with Crippen LogP contribution >= 0.6 is 0 Å². The first-order valence-electron chi connectivity index (χ1n) is 3.38. The van der Waals surface area contributed by atoms with Gasteiger partial charge in [0.1, 0.15) is 0 Å². The van der Waals surface area contributed by atoms with Crippen molar-refractivity contribution in [3.05, 3.63) is 24.7 Å². The van der Waals surface area contributed by atoms with Crippen molar-refractivity contribution in [3.63, 3.8) is 0 Å². The van der Waals surface area contributed by atoms with E-state index in [2.05, 4.69) is 6.92 Å². The van der Waals surface area contributed by atoms with E-state index in [0.717, 1.165) is 0 Å². The molecule has 9 heavy (non-hydrogen) atoms. The zero-order valence-corrected chi connectivity index (χ0v) is 6.29. The first-order chi connectivity index (χ1) is 4.39. The van der Waals surface area contributed by atoms with Crippen molar-refractivity contribution in [3.8, 4) is 0 Å². The fourth-order valence-corrected chi connectivity index (χ4v) is 0.448. The Morgan fingerprint density at radius 3 is 1.78 bits per heavy atom. The Morgan fingerprint density at radius 2 is 1.56 bits per heavy atom. The largest absolute Gasteiger partial charge is 0.473 e. The predicted molar refractivity (Wildman–Crippen MR) is 39.9 cm³/mol. The summed E-state index contributed by atoms with van der Waals surface area (Å²) in [6.07, 6.45) is 7.40. The molecule has 0 amide bonds. The minimum atomic E-state index is 0.550. The van der Waals surface area contributed by atoms with Gasteiger partial charge in [-0.15, -0.1) is 0 Å². The highest BCUT2D eigenvalue weighted by Gasteiger charge is 1.91. The maximum absolute atomic E-state index is 4.78. The summed E-state index contributed by atoms with van der Waals surface area (Å²) < 4.78 is 4.78. The van der Waals surface area contributed by atoms with Crippen LogP contribution in [-0.2, 0) is 4.74 Å². The van der Waals surface area contributed by atoms with Gasteiger partial charge in [0.05, 0.1) is 12.5 Å². The molecule has 1 heterocycles. The van der Waals surface area contributed by atoms with Crippen LogP contribution in [0.1, 0.15) is 20.8 Å². The Morgan fingerprint density at radius 1 is 1.11 bits per heavy atom. The molecule has 0 saturated heterocycles. The van der Waals surface area contributed by atoms with Crippen LogP contribution < -0.4 is 0 Å². The summed E-state index contributed by atoms with van der Waals surface area (Å²) in [7, 11) is 0. The molecule has 0 aliphatic carbocycles. The van der Waals surface area contributed by atoms with Crippen LogP contribution in [0.5, 0.6) is 0 Å². The molecule has 0 aromatic rings. The zero-order chi connectivity index (χ0) is 7.11. The molecule has 0 atom stereocenters. The summed E-state index contributed by atoms with van der Waals surface area (Å²) >= 11 is 0. The Hall–Kier alpha value is -0.720. The zero-order valence-electron chi connectivity index (χ0n) is 6.29. The van der Waals surface area contributed by atoms with E-state index in [9.17, 15) is 0 Å². The molecule has 1 nitrogen and oxygen atoms in total. The first-order valence-corrected chi connectivity index (χ1v) is 3.38. The van der Waals surface area contributed by atoms with Crippen LogP contribution in [0, 0.1) is 5.92 Å². The molecule has 0 saturated carbocycles. The van der Waals surface area contributed by atoms with E-state index in [-0.39, 0.29) is 0 Å². The molecule has 0 unspecified atom stereocenters. The van der Waals surface area contributed by atoms with Crippen molar-refractivity contribution >= 4 is 0 Å². The Labute approximate surface area is 57.0 Å². The van der Waals surface area contributed by atoms with E-state index < -0.39 is 0 Å². The maximum atomic E-state index is 4.78. The van der Waals surface area contributed by atoms with Gasteiger partial charge in [-0.3, -0.25) is 0 Å². The highest BCUT2D eigenvalue weighted by atomic mass is 16.5. The molecule has 0 aromatic carbocycles. The summed E-state index contributed by atoms with van der Waals surface area (Å²) in [5, 5.41) is 0. The molecule has 52 valence electrons. The second-order valence-electron chi connectivity index (χ2n) is 1.65. The SMILES string of the molecule is CC.CC1C=COC=C1. The standard InChI is InChI=1S/C6H8O.C2H6/c1-6-2-4-7-5-3-6;1-2/h2-6H,1H3;1-2H3. The highest BCUT2D eigenvalue weighted by molar-refractivity contribution is 4.98. The fourth-order valence-electron chi connectivity index (χ4n) is 0.448. The van der Waals surface area contributed by atoms with E-state index in [4.69, 9.17) is 4.74 Å². The van der Waals surface area contributed by atoms with Gasteiger partial charge in [0.15, 0.2) is 0 Å². The van der Waals surface area contributed by atoms with Crippen molar-refractivity contribution in [2.75, 3.05) is 0 Å². The second kappa shape index (κ2) is 5.42. The third kappa shape index (κ3) is 3.83. The molecule has 0 bridgehead atoms. The molecule has 0 aromatic heterocycles. The summed E-state index contributed by atoms with van der Waals surface area (Å²) in [6, 6.07) is 0. The van der Waals surface area contributed by atoms with Crippen LogP contribution in [0.4, 0.5) is 0 Å². The number of hydrogen-bond acceptors (Lipinski definition) is 1. The normalized spacial score (nSPS) is 15.9. The minimum Gasteiger partial charge on any atom is -0.473 e. The molecular weight excluding hydrogens is 112 g/mol. The Balaban J connectivity index is 0.000000291. The van der Waals surface area contributed by atoms with Gasteiger partial charge >= 0.3 is 0 Å². The van der Waals surface area contributed by atoms with Gasteiger partial charge in [-0.25, -0.2) is 0 Å². The lowest BCUT2D eigenvalue weighted by Crippen LogP contribution is -1.86. The molecule has 0 fully saturated rings. The van der Waals surface area contributed by atoms with E-state index in [1.54, 1.807) is 12.5 Å². The topological polar surface area (TPSA) is 9.23 Å². The van der Waals surface area contributed by atoms with Gasteiger partial charge in [-0.2, -0.15) is 0 Å². The molecular formula is C8H14O. The average Bonchev–Trinajstić information content (AvgIpc) is 1.94.